The van der Waals surface area contributed by atoms with Gasteiger partial charge < -0.3 is 9.84 Å². The highest BCUT2D eigenvalue weighted by molar-refractivity contribution is 5.29. The smallest absolute Gasteiger partial charge is 0.119 e. The lowest BCUT2D eigenvalue weighted by Gasteiger charge is -2.09. The molecule has 1 rings (SSSR count). The molecule has 1 aromatic carbocycles. The van der Waals surface area contributed by atoms with E-state index in [0.29, 0.717) is 0 Å². The van der Waals surface area contributed by atoms with E-state index in [4.69, 9.17) is 9.84 Å². The van der Waals surface area contributed by atoms with Crippen molar-refractivity contribution in [3.8, 4) is 11.5 Å². The van der Waals surface area contributed by atoms with Gasteiger partial charge >= 0.3 is 0 Å². The molecular weight excluding hydrogens is 188 g/mol. The third-order valence-electron chi connectivity index (χ3n) is 2.64. The van der Waals surface area contributed by atoms with Crippen molar-refractivity contribution in [3.63, 3.8) is 0 Å². The highest BCUT2D eigenvalue weighted by atomic mass is 16.5. The van der Waals surface area contributed by atoms with Crippen LogP contribution in [-0.2, 0) is 0 Å². The van der Waals surface area contributed by atoms with E-state index in [9.17, 15) is 0 Å². The Morgan fingerprint density at radius 1 is 1.27 bits per heavy atom. The molecule has 0 saturated heterocycles. The van der Waals surface area contributed by atoms with Crippen LogP contribution in [0.4, 0.5) is 0 Å². The van der Waals surface area contributed by atoms with Gasteiger partial charge in [-0.15, -0.1) is 0 Å². The van der Waals surface area contributed by atoms with Crippen LogP contribution in [0.25, 0.3) is 0 Å². The van der Waals surface area contributed by atoms with Gasteiger partial charge in [-0.2, -0.15) is 0 Å². The van der Waals surface area contributed by atoms with Crippen molar-refractivity contribution in [1.29, 1.82) is 0 Å². The molecule has 0 aliphatic heterocycles. The fourth-order valence-electron chi connectivity index (χ4n) is 1.37. The van der Waals surface area contributed by atoms with E-state index in [1.54, 1.807) is 24.3 Å². The molecule has 1 aromatic rings. The highest BCUT2D eigenvalue weighted by Gasteiger charge is 1.99. The molecule has 0 aromatic heterocycles. The minimum Gasteiger partial charge on any atom is -0.508 e. The van der Waals surface area contributed by atoms with Crippen LogP contribution < -0.4 is 4.74 Å². The second-order valence-corrected chi connectivity index (χ2v) is 4.00. The van der Waals surface area contributed by atoms with Crippen LogP contribution in [0.2, 0.25) is 0 Å². The minimum absolute atomic E-state index is 0.280. The Labute approximate surface area is 91.9 Å². The predicted molar refractivity (Wildman–Crippen MR) is 62.3 cm³/mol. The van der Waals surface area contributed by atoms with Crippen LogP contribution in [0.15, 0.2) is 24.3 Å². The molecule has 0 aliphatic rings. The SMILES string of the molecule is CC[C@H](C)CCCOc1ccc(O)cc1. The normalized spacial score (nSPS) is 12.4. The van der Waals surface area contributed by atoms with Gasteiger partial charge in [-0.1, -0.05) is 20.3 Å². The first-order chi connectivity index (χ1) is 7.22. The number of hydrogen-bond donors (Lipinski definition) is 1. The maximum atomic E-state index is 9.08. The molecule has 0 bridgehead atoms. The zero-order chi connectivity index (χ0) is 11.1. The maximum Gasteiger partial charge on any atom is 0.119 e. The lowest BCUT2D eigenvalue weighted by atomic mass is 10.0. The van der Waals surface area contributed by atoms with Gasteiger partial charge in [0.05, 0.1) is 6.61 Å². The Bertz CT molecular complexity index is 266. The van der Waals surface area contributed by atoms with E-state index in [1.807, 2.05) is 0 Å². The van der Waals surface area contributed by atoms with Crippen LogP contribution in [0.1, 0.15) is 33.1 Å². The van der Waals surface area contributed by atoms with Crippen molar-refractivity contribution < 1.29 is 9.84 Å². The summed E-state index contributed by atoms with van der Waals surface area (Å²) in [6, 6.07) is 6.87. The quantitative estimate of drug-likeness (QED) is 0.724. The molecule has 2 heteroatoms. The lowest BCUT2D eigenvalue weighted by Crippen LogP contribution is -2.00. The van der Waals surface area contributed by atoms with Crippen molar-refractivity contribution in [3.05, 3.63) is 24.3 Å². The van der Waals surface area contributed by atoms with Gasteiger partial charge in [-0.25, -0.2) is 0 Å². The summed E-state index contributed by atoms with van der Waals surface area (Å²) >= 11 is 0. The highest BCUT2D eigenvalue weighted by Crippen LogP contribution is 2.16. The Morgan fingerprint density at radius 3 is 2.53 bits per heavy atom. The van der Waals surface area contributed by atoms with Gasteiger partial charge in [0, 0.05) is 0 Å². The van der Waals surface area contributed by atoms with Crippen LogP contribution in [0, 0.1) is 5.92 Å². The molecule has 0 fully saturated rings. The molecule has 1 atom stereocenters. The fourth-order valence-corrected chi connectivity index (χ4v) is 1.37. The predicted octanol–water partition coefficient (Wildman–Crippen LogP) is 3.60. The van der Waals surface area contributed by atoms with Gasteiger partial charge in [-0.3, -0.25) is 0 Å². The molecule has 84 valence electrons. The summed E-state index contributed by atoms with van der Waals surface area (Å²) in [7, 11) is 0. The number of phenolic OH excluding ortho intramolecular Hbond substituents is 1. The third kappa shape index (κ3) is 4.73. The van der Waals surface area contributed by atoms with E-state index in [-0.39, 0.29) is 5.75 Å². The van der Waals surface area contributed by atoms with Gasteiger partial charge in [0.1, 0.15) is 11.5 Å². The molecular formula is C13H20O2. The molecule has 0 heterocycles. The first-order valence-corrected chi connectivity index (χ1v) is 5.64. The number of aromatic hydroxyl groups is 1. The zero-order valence-corrected chi connectivity index (χ0v) is 9.57. The molecule has 1 N–H and O–H groups in total. The van der Waals surface area contributed by atoms with Crippen LogP contribution in [0.3, 0.4) is 0 Å². The first-order valence-electron chi connectivity index (χ1n) is 5.64. The Balaban J connectivity index is 2.17. The number of rotatable bonds is 6. The Morgan fingerprint density at radius 2 is 1.93 bits per heavy atom. The lowest BCUT2D eigenvalue weighted by molar-refractivity contribution is 0.293. The summed E-state index contributed by atoms with van der Waals surface area (Å²) in [4.78, 5) is 0. The largest absolute Gasteiger partial charge is 0.508 e. The maximum absolute atomic E-state index is 9.08. The number of phenols is 1. The van der Waals surface area contributed by atoms with Crippen molar-refractivity contribution in [2.45, 2.75) is 33.1 Å². The number of benzene rings is 1. The van der Waals surface area contributed by atoms with Crippen molar-refractivity contribution in [2.24, 2.45) is 5.92 Å². The molecule has 0 saturated carbocycles. The third-order valence-corrected chi connectivity index (χ3v) is 2.64. The number of ether oxygens (including phenoxy) is 1. The molecule has 0 amide bonds. The average molecular weight is 208 g/mol. The van der Waals surface area contributed by atoms with E-state index in [0.717, 1.165) is 24.7 Å². The zero-order valence-electron chi connectivity index (χ0n) is 9.57. The topological polar surface area (TPSA) is 29.5 Å². The summed E-state index contributed by atoms with van der Waals surface area (Å²) in [5, 5.41) is 9.08. The van der Waals surface area contributed by atoms with E-state index >= 15 is 0 Å². The molecule has 2 nitrogen and oxygen atoms in total. The van der Waals surface area contributed by atoms with Gasteiger partial charge in [0.15, 0.2) is 0 Å². The van der Waals surface area contributed by atoms with E-state index in [2.05, 4.69) is 13.8 Å². The van der Waals surface area contributed by atoms with Crippen molar-refractivity contribution in [2.75, 3.05) is 6.61 Å². The van der Waals surface area contributed by atoms with Gasteiger partial charge in [0.25, 0.3) is 0 Å². The van der Waals surface area contributed by atoms with Crippen molar-refractivity contribution >= 4 is 0 Å². The molecule has 0 radical (unpaired) electrons. The summed E-state index contributed by atoms with van der Waals surface area (Å²) in [5.74, 6) is 1.90. The Hall–Kier alpha value is -1.18. The summed E-state index contributed by atoms with van der Waals surface area (Å²) < 4.78 is 5.54. The minimum atomic E-state index is 0.280. The van der Waals surface area contributed by atoms with E-state index < -0.39 is 0 Å². The number of hydrogen-bond acceptors (Lipinski definition) is 2. The van der Waals surface area contributed by atoms with Gasteiger partial charge in [0.2, 0.25) is 0 Å². The summed E-state index contributed by atoms with van der Waals surface area (Å²) in [6.07, 6.45) is 3.55. The summed E-state index contributed by atoms with van der Waals surface area (Å²) in [5.41, 5.74) is 0. The van der Waals surface area contributed by atoms with Crippen LogP contribution in [-0.4, -0.2) is 11.7 Å². The second kappa shape index (κ2) is 6.33. The monoisotopic (exact) mass is 208 g/mol. The Kier molecular flexibility index (Phi) is 5.02. The molecule has 0 aliphatic carbocycles. The van der Waals surface area contributed by atoms with E-state index in [1.165, 1.54) is 12.8 Å². The fraction of sp³-hybridized carbons (Fsp3) is 0.538. The first kappa shape index (κ1) is 11.9. The molecule has 0 spiro atoms. The standard InChI is InChI=1S/C13H20O2/c1-3-11(2)5-4-10-15-13-8-6-12(14)7-9-13/h6-9,11,14H,3-5,10H2,1-2H3/t11-/m0/s1. The van der Waals surface area contributed by atoms with Crippen LogP contribution in [0.5, 0.6) is 11.5 Å². The summed E-state index contributed by atoms with van der Waals surface area (Å²) in [6.45, 7) is 5.24. The second-order valence-electron chi connectivity index (χ2n) is 4.00. The average Bonchev–Trinajstić information content (AvgIpc) is 2.26. The molecule has 0 unspecified atom stereocenters. The van der Waals surface area contributed by atoms with Gasteiger partial charge in [-0.05, 0) is 43.0 Å². The molecule has 15 heavy (non-hydrogen) atoms. The van der Waals surface area contributed by atoms with Crippen molar-refractivity contribution in [1.82, 2.24) is 0 Å². The van der Waals surface area contributed by atoms with Crippen LogP contribution >= 0.6 is 0 Å².